The van der Waals surface area contributed by atoms with Crippen LogP contribution in [0, 0.1) is 0 Å². The third kappa shape index (κ3) is 5.28. The van der Waals surface area contributed by atoms with Gasteiger partial charge in [0.2, 0.25) is 0 Å². The number of halogens is 1. The molecule has 0 spiro atoms. The molecule has 2 aromatic heterocycles. The zero-order chi connectivity index (χ0) is 19.2. The first-order valence-electron chi connectivity index (χ1n) is 8.68. The molecular weight excluding hydrogens is 489 g/mol. The lowest BCUT2D eigenvalue weighted by Crippen LogP contribution is -2.39. The van der Waals surface area contributed by atoms with Crippen LogP contribution in [-0.4, -0.2) is 55.1 Å². The second kappa shape index (κ2) is 10.5. The molecule has 0 aliphatic heterocycles. The van der Waals surface area contributed by atoms with Gasteiger partial charge in [-0.05, 0) is 24.1 Å². The van der Waals surface area contributed by atoms with E-state index in [9.17, 15) is 0 Å². The summed E-state index contributed by atoms with van der Waals surface area (Å²) in [6.45, 7) is 1.47. The Morgan fingerprint density at radius 2 is 2.07 bits per heavy atom. The molecule has 0 saturated heterocycles. The van der Waals surface area contributed by atoms with Crippen LogP contribution >= 0.6 is 35.3 Å². The van der Waals surface area contributed by atoms with Crippen molar-refractivity contribution in [3.63, 3.8) is 0 Å². The van der Waals surface area contributed by atoms with Gasteiger partial charge < -0.3 is 19.7 Å². The number of rotatable bonds is 7. The largest absolute Gasteiger partial charge is 0.493 e. The van der Waals surface area contributed by atoms with Gasteiger partial charge in [0.15, 0.2) is 22.4 Å². The Morgan fingerprint density at radius 3 is 2.75 bits per heavy atom. The lowest BCUT2D eigenvalue weighted by molar-refractivity contribution is 0.354. The van der Waals surface area contributed by atoms with Crippen LogP contribution in [0.5, 0.6) is 11.5 Å². The maximum atomic E-state index is 5.38. The zero-order valence-electron chi connectivity index (χ0n) is 16.5. The average molecular weight is 515 g/mol. The Balaban J connectivity index is 0.00000280. The third-order valence-electron chi connectivity index (χ3n) is 4.33. The number of ether oxygens (including phenoxy) is 2. The first kappa shape index (κ1) is 22.3. The van der Waals surface area contributed by atoms with E-state index in [1.807, 2.05) is 41.4 Å². The van der Waals surface area contributed by atoms with Gasteiger partial charge in [-0.25, -0.2) is 4.98 Å². The van der Waals surface area contributed by atoms with Crippen LogP contribution in [-0.2, 0) is 13.0 Å². The molecule has 0 unspecified atom stereocenters. The Kier molecular flexibility index (Phi) is 8.36. The van der Waals surface area contributed by atoms with Gasteiger partial charge in [-0.2, -0.15) is 0 Å². The summed E-state index contributed by atoms with van der Waals surface area (Å²) >= 11 is 1.63. The molecule has 7 nitrogen and oxygen atoms in total. The van der Waals surface area contributed by atoms with Crippen molar-refractivity contribution in [3.8, 4) is 11.5 Å². The van der Waals surface area contributed by atoms with E-state index in [4.69, 9.17) is 9.47 Å². The van der Waals surface area contributed by atoms with E-state index >= 15 is 0 Å². The number of nitrogens with zero attached hydrogens (tertiary/aromatic N) is 4. The van der Waals surface area contributed by atoms with E-state index in [-0.39, 0.29) is 24.0 Å². The molecule has 1 aromatic carbocycles. The lowest BCUT2D eigenvalue weighted by atomic mass is 10.1. The topological polar surface area (TPSA) is 63.4 Å². The standard InChI is InChI=1S/C19H25N5O2S.HI/c1-20-18(21-12-15-13-24-9-10-27-19(24)22-15)23(2)8-7-14-5-6-16(25-3)17(11-14)26-4;/h5-6,9-11,13H,7-8,12H2,1-4H3,(H,20,21);1H. The highest BCUT2D eigenvalue weighted by atomic mass is 127. The van der Waals surface area contributed by atoms with Crippen molar-refractivity contribution in [2.24, 2.45) is 4.99 Å². The molecule has 0 saturated carbocycles. The minimum atomic E-state index is 0. The van der Waals surface area contributed by atoms with E-state index in [1.165, 1.54) is 5.56 Å². The number of fused-ring (bicyclic) bond motifs is 1. The van der Waals surface area contributed by atoms with Crippen LogP contribution in [0.25, 0.3) is 4.96 Å². The van der Waals surface area contributed by atoms with E-state index in [0.29, 0.717) is 6.54 Å². The van der Waals surface area contributed by atoms with Gasteiger partial charge in [-0.3, -0.25) is 9.39 Å². The van der Waals surface area contributed by atoms with Gasteiger partial charge in [-0.1, -0.05) is 6.07 Å². The summed E-state index contributed by atoms with van der Waals surface area (Å²) in [5.41, 5.74) is 2.18. The van der Waals surface area contributed by atoms with Crippen molar-refractivity contribution >= 4 is 46.2 Å². The van der Waals surface area contributed by atoms with E-state index in [2.05, 4.69) is 26.3 Å². The van der Waals surface area contributed by atoms with Gasteiger partial charge >= 0.3 is 0 Å². The molecule has 0 amide bonds. The molecule has 0 fully saturated rings. The Morgan fingerprint density at radius 1 is 1.29 bits per heavy atom. The van der Waals surface area contributed by atoms with Crippen LogP contribution in [0.4, 0.5) is 0 Å². The van der Waals surface area contributed by atoms with E-state index in [0.717, 1.165) is 41.1 Å². The number of benzene rings is 1. The summed E-state index contributed by atoms with van der Waals surface area (Å²) < 4.78 is 12.7. The number of nitrogens with one attached hydrogen (secondary N) is 1. The van der Waals surface area contributed by atoms with Crippen LogP contribution < -0.4 is 14.8 Å². The number of thiazole rings is 1. The molecule has 28 heavy (non-hydrogen) atoms. The normalized spacial score (nSPS) is 11.2. The SMILES string of the molecule is CN=C(NCc1cn2ccsc2n1)N(C)CCc1ccc(OC)c(OC)c1.I. The van der Waals surface area contributed by atoms with Crippen LogP contribution in [0.1, 0.15) is 11.3 Å². The zero-order valence-corrected chi connectivity index (χ0v) is 19.7. The van der Waals surface area contributed by atoms with Crippen LogP contribution in [0.2, 0.25) is 0 Å². The van der Waals surface area contributed by atoms with E-state index in [1.54, 1.807) is 32.6 Å². The second-order valence-electron chi connectivity index (χ2n) is 6.09. The molecule has 2 heterocycles. The number of methoxy groups -OCH3 is 2. The summed E-state index contributed by atoms with van der Waals surface area (Å²) in [6, 6.07) is 6.01. The summed E-state index contributed by atoms with van der Waals surface area (Å²) in [7, 11) is 7.12. The van der Waals surface area contributed by atoms with Crippen molar-refractivity contribution in [2.75, 3.05) is 34.9 Å². The fourth-order valence-electron chi connectivity index (χ4n) is 2.85. The van der Waals surface area contributed by atoms with Gasteiger partial charge in [0.25, 0.3) is 0 Å². The quantitative estimate of drug-likeness (QED) is 0.297. The third-order valence-corrected chi connectivity index (χ3v) is 5.10. The van der Waals surface area contributed by atoms with Gasteiger partial charge in [-0.15, -0.1) is 35.3 Å². The maximum absolute atomic E-state index is 5.38. The number of aromatic nitrogens is 2. The summed E-state index contributed by atoms with van der Waals surface area (Å²) in [4.78, 5) is 12.1. The molecule has 3 rings (SSSR count). The first-order valence-corrected chi connectivity index (χ1v) is 9.56. The highest BCUT2D eigenvalue weighted by molar-refractivity contribution is 14.0. The lowest BCUT2D eigenvalue weighted by Gasteiger charge is -2.22. The number of hydrogen-bond donors (Lipinski definition) is 1. The molecule has 9 heteroatoms. The van der Waals surface area contributed by atoms with Crippen LogP contribution in [0.3, 0.4) is 0 Å². The van der Waals surface area contributed by atoms with Crippen molar-refractivity contribution in [1.82, 2.24) is 19.6 Å². The molecule has 3 aromatic rings. The molecule has 0 radical (unpaired) electrons. The summed E-state index contributed by atoms with van der Waals surface area (Å²) in [6.07, 6.45) is 4.92. The highest BCUT2D eigenvalue weighted by Crippen LogP contribution is 2.27. The predicted molar refractivity (Wildman–Crippen MR) is 125 cm³/mol. The Bertz CT molecular complexity index is 896. The van der Waals surface area contributed by atoms with E-state index < -0.39 is 0 Å². The molecular formula is C19H26IN5O2S. The minimum Gasteiger partial charge on any atom is -0.493 e. The van der Waals surface area contributed by atoms with Gasteiger partial charge in [0.05, 0.1) is 26.5 Å². The van der Waals surface area contributed by atoms with Crippen molar-refractivity contribution in [3.05, 3.63) is 47.2 Å². The second-order valence-corrected chi connectivity index (χ2v) is 6.96. The maximum Gasteiger partial charge on any atom is 0.193 e. The van der Waals surface area contributed by atoms with Crippen LogP contribution in [0.15, 0.2) is 41.0 Å². The monoisotopic (exact) mass is 515 g/mol. The number of imidazole rings is 1. The molecule has 152 valence electrons. The minimum absolute atomic E-state index is 0. The van der Waals surface area contributed by atoms with Gasteiger partial charge in [0, 0.05) is 38.4 Å². The summed E-state index contributed by atoms with van der Waals surface area (Å²) in [5.74, 6) is 2.33. The Labute approximate surface area is 186 Å². The fraction of sp³-hybridized carbons (Fsp3) is 0.368. The Hall–Kier alpha value is -2.01. The number of aliphatic imine (C=N–C) groups is 1. The van der Waals surface area contributed by atoms with Crippen molar-refractivity contribution in [1.29, 1.82) is 0 Å². The summed E-state index contributed by atoms with van der Waals surface area (Å²) in [5, 5.41) is 5.40. The molecule has 0 aliphatic carbocycles. The molecule has 1 N–H and O–H groups in total. The number of likely N-dealkylation sites (N-methyl/N-ethyl adjacent to an activating group) is 1. The van der Waals surface area contributed by atoms with Crippen molar-refractivity contribution in [2.45, 2.75) is 13.0 Å². The highest BCUT2D eigenvalue weighted by Gasteiger charge is 2.10. The number of hydrogen-bond acceptors (Lipinski definition) is 5. The number of guanidine groups is 1. The molecule has 0 atom stereocenters. The van der Waals surface area contributed by atoms with Gasteiger partial charge in [0.1, 0.15) is 0 Å². The molecule has 0 bridgehead atoms. The average Bonchev–Trinajstić information content (AvgIpc) is 3.28. The fourth-order valence-corrected chi connectivity index (χ4v) is 3.57. The molecule has 0 aliphatic rings. The predicted octanol–water partition coefficient (Wildman–Crippen LogP) is 3.28. The smallest absolute Gasteiger partial charge is 0.193 e. The van der Waals surface area contributed by atoms with Crippen molar-refractivity contribution < 1.29 is 9.47 Å². The first-order chi connectivity index (χ1) is 13.1.